The standard InChI is InChI=1S/C27H30ClFN6O2.C7H12FN.C2H3N/c1-33(2)11-5-8-21(36)34-12-14-35(15-13-34)26-19-16-30-24(23(29)25(19)31-27(32-26)37-3)18-6-4-7-20(28)22(18)17-9-10-17;8-6-4-7-2-1-3-9(7)5-6;1-2-3/h4-8,16-17H,9-15H2,1-3H3;6-7H,1-5H2;1H3/b8-5+;;. The van der Waals surface area contributed by atoms with Crippen LogP contribution in [0.15, 0.2) is 36.5 Å². The van der Waals surface area contributed by atoms with Crippen molar-refractivity contribution in [2.75, 3.05) is 71.9 Å². The molecule has 7 rings (SSSR count). The minimum atomic E-state index is -0.525. The molecule has 1 aliphatic carbocycles. The van der Waals surface area contributed by atoms with Crippen molar-refractivity contribution in [2.24, 2.45) is 0 Å². The van der Waals surface area contributed by atoms with Gasteiger partial charge < -0.3 is 19.4 Å². The Morgan fingerprint density at radius 3 is 2.55 bits per heavy atom. The Bertz CT molecular complexity index is 1680. The fraction of sp³-hybridized carbons (Fsp3) is 0.528. The molecule has 0 bridgehead atoms. The zero-order chi connectivity index (χ0) is 35.1. The number of methoxy groups -OCH3 is 1. The molecule has 4 aliphatic rings. The number of carbonyl (C=O) groups is 1. The summed E-state index contributed by atoms with van der Waals surface area (Å²) in [5, 5.41) is 8.45. The van der Waals surface area contributed by atoms with Crippen LogP contribution in [0.4, 0.5) is 14.6 Å². The van der Waals surface area contributed by atoms with Crippen molar-refractivity contribution in [3.8, 4) is 23.3 Å². The van der Waals surface area contributed by atoms with E-state index >= 15 is 4.39 Å². The van der Waals surface area contributed by atoms with E-state index in [2.05, 4.69) is 19.9 Å². The van der Waals surface area contributed by atoms with E-state index in [-0.39, 0.29) is 23.1 Å². The third-order valence-electron chi connectivity index (χ3n) is 9.20. The van der Waals surface area contributed by atoms with Crippen LogP contribution in [0.25, 0.3) is 22.2 Å². The molecule has 0 spiro atoms. The van der Waals surface area contributed by atoms with E-state index in [1.807, 2.05) is 48.2 Å². The number of hydrogen-bond acceptors (Lipinski definition) is 9. The number of aromatic nitrogens is 3. The molecule has 5 heterocycles. The number of nitrogens with zero attached hydrogens (tertiary/aromatic N) is 8. The molecule has 1 aromatic carbocycles. The highest BCUT2D eigenvalue weighted by atomic mass is 35.5. The normalized spacial score (nSPS) is 20.5. The molecule has 0 N–H and O–H groups in total. The van der Waals surface area contributed by atoms with Gasteiger partial charge in [0, 0.05) is 75.1 Å². The van der Waals surface area contributed by atoms with Crippen LogP contribution in [-0.4, -0.2) is 115 Å². The Labute approximate surface area is 292 Å². The zero-order valence-electron chi connectivity index (χ0n) is 28.7. The highest BCUT2D eigenvalue weighted by Crippen LogP contribution is 2.48. The number of amides is 1. The summed E-state index contributed by atoms with van der Waals surface area (Å²) in [5.74, 6) is 0.330. The van der Waals surface area contributed by atoms with E-state index in [1.165, 1.54) is 26.9 Å². The van der Waals surface area contributed by atoms with Gasteiger partial charge in [-0.25, -0.2) is 8.78 Å². The first kappa shape index (κ1) is 36.4. The molecule has 3 saturated heterocycles. The second kappa shape index (κ2) is 16.7. The molecule has 1 saturated carbocycles. The molecular weight excluding hydrogens is 650 g/mol. The minimum Gasteiger partial charge on any atom is -0.467 e. The Hall–Kier alpha value is -3.92. The largest absolute Gasteiger partial charge is 0.467 e. The molecule has 0 radical (unpaired) electrons. The van der Waals surface area contributed by atoms with Gasteiger partial charge in [0.15, 0.2) is 5.82 Å². The number of nitriles is 1. The number of pyridine rings is 1. The van der Waals surface area contributed by atoms with Crippen LogP contribution in [0.3, 0.4) is 0 Å². The van der Waals surface area contributed by atoms with Gasteiger partial charge in [0.25, 0.3) is 0 Å². The molecule has 2 unspecified atom stereocenters. The summed E-state index contributed by atoms with van der Waals surface area (Å²) in [6, 6.07) is 7.96. The highest BCUT2D eigenvalue weighted by molar-refractivity contribution is 6.32. The van der Waals surface area contributed by atoms with Gasteiger partial charge in [-0.05, 0) is 70.3 Å². The second-order valence-corrected chi connectivity index (χ2v) is 13.4. The average molecular weight is 695 g/mol. The number of fused-ring (bicyclic) bond motifs is 2. The predicted octanol–water partition coefficient (Wildman–Crippen LogP) is 5.86. The van der Waals surface area contributed by atoms with Gasteiger partial charge in [-0.3, -0.25) is 14.7 Å². The van der Waals surface area contributed by atoms with Crippen molar-refractivity contribution in [1.29, 1.82) is 5.26 Å². The van der Waals surface area contributed by atoms with Crippen LogP contribution < -0.4 is 9.64 Å². The second-order valence-electron chi connectivity index (χ2n) is 13.0. The molecule has 3 aromatic rings. The van der Waals surface area contributed by atoms with Gasteiger partial charge in [-0.1, -0.05) is 29.8 Å². The lowest BCUT2D eigenvalue weighted by Crippen LogP contribution is -2.48. The van der Waals surface area contributed by atoms with Crippen LogP contribution in [-0.2, 0) is 4.79 Å². The number of anilines is 1. The molecule has 49 heavy (non-hydrogen) atoms. The van der Waals surface area contributed by atoms with E-state index < -0.39 is 12.0 Å². The monoisotopic (exact) mass is 694 g/mol. The Balaban J connectivity index is 0.000000328. The number of hydrogen-bond donors (Lipinski definition) is 0. The van der Waals surface area contributed by atoms with Crippen LogP contribution in [0.1, 0.15) is 50.5 Å². The quantitative estimate of drug-likeness (QED) is 0.282. The van der Waals surface area contributed by atoms with Gasteiger partial charge in [0.1, 0.15) is 23.2 Å². The summed E-state index contributed by atoms with van der Waals surface area (Å²) >= 11 is 6.50. The smallest absolute Gasteiger partial charge is 0.318 e. The van der Waals surface area contributed by atoms with Crippen molar-refractivity contribution >= 4 is 34.2 Å². The van der Waals surface area contributed by atoms with Gasteiger partial charge in [-0.2, -0.15) is 15.2 Å². The average Bonchev–Trinajstić information content (AvgIpc) is 3.73. The fourth-order valence-electron chi connectivity index (χ4n) is 6.71. The van der Waals surface area contributed by atoms with Gasteiger partial charge in [0.2, 0.25) is 5.91 Å². The summed E-state index contributed by atoms with van der Waals surface area (Å²) in [7, 11) is 5.37. The number of alkyl halides is 1. The maximum atomic E-state index is 16.0. The molecule has 4 fully saturated rings. The number of ether oxygens (including phenoxy) is 1. The first-order valence-corrected chi connectivity index (χ1v) is 17.3. The van der Waals surface area contributed by atoms with E-state index in [4.69, 9.17) is 21.6 Å². The van der Waals surface area contributed by atoms with Crippen LogP contribution in [0.5, 0.6) is 6.01 Å². The van der Waals surface area contributed by atoms with Gasteiger partial charge in [-0.15, -0.1) is 0 Å². The van der Waals surface area contributed by atoms with Crippen LogP contribution >= 0.6 is 11.6 Å². The number of likely N-dealkylation sites (N-methyl/N-ethyl adjacent to an activating group) is 1. The van der Waals surface area contributed by atoms with Crippen molar-refractivity contribution in [3.05, 3.63) is 53.0 Å². The van der Waals surface area contributed by atoms with Crippen LogP contribution in [0.2, 0.25) is 5.02 Å². The summed E-state index contributed by atoms with van der Waals surface area (Å²) in [6.07, 6.45) is 9.98. The maximum Gasteiger partial charge on any atom is 0.318 e. The van der Waals surface area contributed by atoms with E-state index in [0.29, 0.717) is 73.0 Å². The summed E-state index contributed by atoms with van der Waals surface area (Å²) in [5.41, 5.74) is 2.02. The summed E-state index contributed by atoms with van der Waals surface area (Å²) in [6.45, 7) is 6.14. The number of benzene rings is 1. The van der Waals surface area contributed by atoms with E-state index in [9.17, 15) is 9.18 Å². The zero-order valence-corrected chi connectivity index (χ0v) is 29.5. The highest BCUT2D eigenvalue weighted by Gasteiger charge is 2.35. The summed E-state index contributed by atoms with van der Waals surface area (Å²) in [4.78, 5) is 34.1. The lowest BCUT2D eigenvalue weighted by atomic mass is 9.99. The molecule has 3 aliphatic heterocycles. The molecular formula is C36H45ClF2N8O2. The molecule has 2 aromatic heterocycles. The Kier molecular flexibility index (Phi) is 12.4. The molecule has 262 valence electrons. The minimum absolute atomic E-state index is 0.0167. The van der Waals surface area contributed by atoms with Crippen molar-refractivity contribution in [1.82, 2.24) is 29.7 Å². The number of halogens is 3. The molecule has 1 amide bonds. The SMILES string of the molecule is CC#N.COc1nc(N2CCN(C(=O)/C=C/CN(C)C)CC2)c2cnc(-c3cccc(Cl)c3C3CC3)c(F)c2n1.FC1CC2CCCN2C1. The lowest BCUT2D eigenvalue weighted by molar-refractivity contribution is -0.126. The lowest BCUT2D eigenvalue weighted by Gasteiger charge is -2.35. The molecule has 2 atom stereocenters. The third kappa shape index (κ3) is 8.82. The number of piperazine rings is 1. The van der Waals surface area contributed by atoms with E-state index in [1.54, 1.807) is 23.2 Å². The van der Waals surface area contributed by atoms with Gasteiger partial charge in [0.05, 0.1) is 18.6 Å². The number of carbonyl (C=O) groups excluding carboxylic acids is 1. The maximum absolute atomic E-state index is 16.0. The van der Waals surface area contributed by atoms with Gasteiger partial charge >= 0.3 is 6.01 Å². The Morgan fingerprint density at radius 1 is 1.16 bits per heavy atom. The first-order chi connectivity index (χ1) is 23.6. The predicted molar refractivity (Wildman–Crippen MR) is 188 cm³/mol. The van der Waals surface area contributed by atoms with Crippen LogP contribution in [0, 0.1) is 17.1 Å². The molecule has 13 heteroatoms. The van der Waals surface area contributed by atoms with Crippen molar-refractivity contribution in [2.45, 2.75) is 57.2 Å². The van der Waals surface area contributed by atoms with Crippen molar-refractivity contribution < 1.29 is 18.3 Å². The summed E-state index contributed by atoms with van der Waals surface area (Å²) < 4.78 is 34.0. The fourth-order valence-corrected chi connectivity index (χ4v) is 7.04. The Morgan fingerprint density at radius 2 is 1.90 bits per heavy atom. The molecule has 10 nitrogen and oxygen atoms in total. The van der Waals surface area contributed by atoms with E-state index in [0.717, 1.165) is 31.4 Å². The first-order valence-electron chi connectivity index (χ1n) is 16.9. The third-order valence-corrected chi connectivity index (χ3v) is 9.53. The van der Waals surface area contributed by atoms with Crippen molar-refractivity contribution in [3.63, 3.8) is 0 Å². The number of rotatable bonds is 7. The topological polar surface area (TPSA) is 102 Å².